The van der Waals surface area contributed by atoms with Gasteiger partial charge < -0.3 is 5.11 Å². The largest absolute Gasteiger partial charge is 0.392 e. The minimum Gasteiger partial charge on any atom is -0.392 e. The average Bonchev–Trinajstić information content (AvgIpc) is 2.56. The first-order valence-corrected chi connectivity index (χ1v) is 10.5. The van der Waals surface area contributed by atoms with Crippen molar-refractivity contribution in [2.24, 2.45) is 0 Å². The van der Waals surface area contributed by atoms with Gasteiger partial charge in [0, 0.05) is 17.7 Å². The van der Waals surface area contributed by atoms with E-state index in [2.05, 4.69) is 6.92 Å². The van der Waals surface area contributed by atoms with Gasteiger partial charge in [0.1, 0.15) is 5.78 Å². The zero-order chi connectivity index (χ0) is 17.8. The van der Waals surface area contributed by atoms with E-state index in [1.807, 2.05) is 31.2 Å². The first kappa shape index (κ1) is 21.0. The molecule has 0 saturated heterocycles. The fourth-order valence-corrected chi connectivity index (χ4v) is 3.77. The summed E-state index contributed by atoms with van der Waals surface area (Å²) in [6, 6.07) is 7.59. The molecule has 0 aliphatic heterocycles. The number of benzene rings is 1. The Labute approximate surface area is 149 Å². The molecule has 4 heteroatoms. The summed E-state index contributed by atoms with van der Waals surface area (Å²) in [6.07, 6.45) is 7.53. The van der Waals surface area contributed by atoms with Crippen molar-refractivity contribution in [3.8, 4) is 0 Å². The number of ketones is 1. The van der Waals surface area contributed by atoms with Crippen LogP contribution in [0, 0.1) is 6.92 Å². The second kappa shape index (κ2) is 12.4. The summed E-state index contributed by atoms with van der Waals surface area (Å²) in [5.41, 5.74) is 1.13. The van der Waals surface area contributed by atoms with E-state index in [-0.39, 0.29) is 5.75 Å². The number of hydrogen-bond acceptors (Lipinski definition) is 3. The van der Waals surface area contributed by atoms with Crippen molar-refractivity contribution in [1.82, 2.24) is 0 Å². The third-order valence-electron chi connectivity index (χ3n) is 4.18. The van der Waals surface area contributed by atoms with Gasteiger partial charge in [-0.05, 0) is 38.3 Å². The van der Waals surface area contributed by atoms with Crippen LogP contribution in [0.15, 0.2) is 29.2 Å². The molecule has 1 aromatic rings. The molecule has 0 aliphatic carbocycles. The molecule has 0 radical (unpaired) electrons. The van der Waals surface area contributed by atoms with E-state index < -0.39 is 16.9 Å². The van der Waals surface area contributed by atoms with E-state index >= 15 is 0 Å². The lowest BCUT2D eigenvalue weighted by Gasteiger charge is -2.10. The zero-order valence-electron chi connectivity index (χ0n) is 15.1. The lowest BCUT2D eigenvalue weighted by atomic mass is 10.0. The second-order valence-electron chi connectivity index (χ2n) is 6.57. The maximum Gasteiger partial charge on any atom is 0.132 e. The first-order valence-electron chi connectivity index (χ1n) is 9.17. The van der Waals surface area contributed by atoms with Crippen LogP contribution in [0.2, 0.25) is 0 Å². The Morgan fingerprint density at radius 1 is 1.04 bits per heavy atom. The van der Waals surface area contributed by atoms with Gasteiger partial charge in [-0.15, -0.1) is 0 Å². The molecule has 1 aromatic carbocycles. The zero-order valence-corrected chi connectivity index (χ0v) is 15.9. The molecule has 0 spiro atoms. The SMILES string of the molecule is CCCCCCC(=O)CCCC[C@H](O)CS(=O)c1ccc(C)cc1. The Balaban J connectivity index is 2.13. The van der Waals surface area contributed by atoms with Gasteiger partial charge in [0.25, 0.3) is 0 Å². The predicted octanol–water partition coefficient (Wildman–Crippen LogP) is 4.56. The molecule has 0 bridgehead atoms. The van der Waals surface area contributed by atoms with Gasteiger partial charge in [-0.1, -0.05) is 50.3 Å². The van der Waals surface area contributed by atoms with Crippen molar-refractivity contribution in [3.63, 3.8) is 0 Å². The number of unbranched alkanes of at least 4 members (excludes halogenated alkanes) is 4. The fraction of sp³-hybridized carbons (Fsp3) is 0.650. The Morgan fingerprint density at radius 2 is 1.67 bits per heavy atom. The monoisotopic (exact) mass is 352 g/mol. The lowest BCUT2D eigenvalue weighted by Crippen LogP contribution is -2.16. The Morgan fingerprint density at radius 3 is 2.29 bits per heavy atom. The summed E-state index contributed by atoms with van der Waals surface area (Å²) in [4.78, 5) is 12.5. The Bertz CT molecular complexity index is 496. The number of hydrogen-bond donors (Lipinski definition) is 1. The molecule has 2 atom stereocenters. The quantitative estimate of drug-likeness (QED) is 0.529. The molecule has 0 fully saturated rings. The number of aliphatic hydroxyl groups excluding tert-OH is 1. The summed E-state index contributed by atoms with van der Waals surface area (Å²) in [5, 5.41) is 10.0. The molecular weight excluding hydrogens is 320 g/mol. The highest BCUT2D eigenvalue weighted by Gasteiger charge is 2.11. The second-order valence-corrected chi connectivity index (χ2v) is 8.07. The first-order chi connectivity index (χ1) is 11.5. The number of carbonyl (C=O) groups excluding carboxylic acids is 1. The average molecular weight is 353 g/mol. The van der Waals surface area contributed by atoms with Crippen molar-refractivity contribution >= 4 is 16.6 Å². The number of Topliss-reactive ketones (excluding diaryl/α,β-unsaturated/α-hetero) is 1. The van der Waals surface area contributed by atoms with Crippen molar-refractivity contribution < 1.29 is 14.1 Å². The van der Waals surface area contributed by atoms with Crippen molar-refractivity contribution in [3.05, 3.63) is 29.8 Å². The Hall–Kier alpha value is -1.00. The molecule has 136 valence electrons. The highest BCUT2D eigenvalue weighted by Crippen LogP contribution is 2.13. The number of aliphatic hydroxyl groups is 1. The molecule has 1 unspecified atom stereocenters. The van der Waals surface area contributed by atoms with E-state index in [4.69, 9.17) is 0 Å². The van der Waals surface area contributed by atoms with E-state index in [9.17, 15) is 14.1 Å². The van der Waals surface area contributed by atoms with Crippen LogP contribution in [0.5, 0.6) is 0 Å². The minimum atomic E-state index is -1.16. The topological polar surface area (TPSA) is 54.4 Å². The van der Waals surface area contributed by atoms with Crippen LogP contribution >= 0.6 is 0 Å². The molecule has 0 saturated carbocycles. The van der Waals surface area contributed by atoms with E-state index in [0.29, 0.717) is 25.0 Å². The normalized spacial score (nSPS) is 13.6. The van der Waals surface area contributed by atoms with Crippen molar-refractivity contribution in [1.29, 1.82) is 0 Å². The highest BCUT2D eigenvalue weighted by atomic mass is 32.2. The summed E-state index contributed by atoms with van der Waals surface area (Å²) < 4.78 is 12.2. The van der Waals surface area contributed by atoms with Crippen molar-refractivity contribution in [2.75, 3.05) is 5.75 Å². The third-order valence-corrected chi connectivity index (χ3v) is 5.67. The summed E-state index contributed by atoms with van der Waals surface area (Å²) >= 11 is 0. The van der Waals surface area contributed by atoms with Gasteiger partial charge in [-0.2, -0.15) is 0 Å². The summed E-state index contributed by atoms with van der Waals surface area (Å²) in [6.45, 7) is 4.16. The van der Waals surface area contributed by atoms with E-state index in [1.165, 1.54) is 12.8 Å². The maximum atomic E-state index is 12.2. The van der Waals surface area contributed by atoms with Crippen LogP contribution in [-0.2, 0) is 15.6 Å². The molecule has 1 rings (SSSR count). The van der Waals surface area contributed by atoms with Crippen LogP contribution in [0.4, 0.5) is 0 Å². The molecule has 3 nitrogen and oxygen atoms in total. The summed E-state index contributed by atoms with van der Waals surface area (Å²) in [5.74, 6) is 0.609. The maximum absolute atomic E-state index is 12.2. The van der Waals surface area contributed by atoms with Gasteiger partial charge >= 0.3 is 0 Å². The predicted molar refractivity (Wildman–Crippen MR) is 101 cm³/mol. The third kappa shape index (κ3) is 9.33. The molecule has 0 heterocycles. The molecule has 24 heavy (non-hydrogen) atoms. The standard InChI is InChI=1S/C20H32O3S/c1-3-4-5-6-9-18(21)10-7-8-11-19(22)16-24(23)20-14-12-17(2)13-15-20/h12-15,19,22H,3-11,16H2,1-2H3/t19-,24?/m0/s1. The fourth-order valence-electron chi connectivity index (χ4n) is 2.62. The van der Waals surface area contributed by atoms with Crippen LogP contribution in [0.25, 0.3) is 0 Å². The highest BCUT2D eigenvalue weighted by molar-refractivity contribution is 7.85. The summed E-state index contributed by atoms with van der Waals surface area (Å²) in [7, 11) is -1.16. The molecule has 1 N–H and O–H groups in total. The molecular formula is C20H32O3S. The van der Waals surface area contributed by atoms with Gasteiger partial charge in [0.2, 0.25) is 0 Å². The Kier molecular flexibility index (Phi) is 10.9. The molecule has 0 aliphatic rings. The minimum absolute atomic E-state index is 0.272. The molecule has 0 amide bonds. The lowest BCUT2D eigenvalue weighted by molar-refractivity contribution is -0.119. The van der Waals surface area contributed by atoms with Gasteiger partial charge in [0.15, 0.2) is 0 Å². The van der Waals surface area contributed by atoms with E-state index in [1.54, 1.807) is 0 Å². The van der Waals surface area contributed by atoms with Crippen LogP contribution in [0.3, 0.4) is 0 Å². The number of carbonyl (C=O) groups is 1. The van der Waals surface area contributed by atoms with Crippen LogP contribution < -0.4 is 0 Å². The van der Waals surface area contributed by atoms with Crippen molar-refractivity contribution in [2.45, 2.75) is 82.6 Å². The van der Waals surface area contributed by atoms with Crippen LogP contribution in [0.1, 0.15) is 70.3 Å². The molecule has 0 aromatic heterocycles. The van der Waals surface area contributed by atoms with E-state index in [0.717, 1.165) is 36.1 Å². The smallest absolute Gasteiger partial charge is 0.132 e. The number of rotatable bonds is 13. The van der Waals surface area contributed by atoms with Gasteiger partial charge in [-0.3, -0.25) is 9.00 Å². The van der Waals surface area contributed by atoms with Gasteiger partial charge in [0.05, 0.1) is 22.7 Å². The van der Waals surface area contributed by atoms with Gasteiger partial charge in [-0.25, -0.2) is 0 Å². The number of aryl methyl sites for hydroxylation is 1. The van der Waals surface area contributed by atoms with Crippen LogP contribution in [-0.4, -0.2) is 27.0 Å².